The summed E-state index contributed by atoms with van der Waals surface area (Å²) < 4.78 is 5.27. The van der Waals surface area contributed by atoms with Crippen LogP contribution in [0.5, 0.6) is 0 Å². The number of ether oxygens (including phenoxy) is 1. The predicted molar refractivity (Wildman–Crippen MR) is 141 cm³/mol. The highest BCUT2D eigenvalue weighted by Crippen LogP contribution is 2.44. The van der Waals surface area contributed by atoms with E-state index in [2.05, 4.69) is 12.1 Å². The lowest BCUT2D eigenvalue weighted by molar-refractivity contribution is -0.140. The largest absolute Gasteiger partial charge is 0.385 e. The average molecular weight is 499 g/mol. The number of methoxy groups -OCH3 is 1. The molecule has 4 unspecified atom stereocenters. The number of hydrogen-bond acceptors (Lipinski definition) is 4. The van der Waals surface area contributed by atoms with Gasteiger partial charge in [0.05, 0.1) is 5.60 Å². The van der Waals surface area contributed by atoms with Crippen molar-refractivity contribution in [3.8, 4) is 11.1 Å². The molecule has 2 aromatic carbocycles. The zero-order valence-corrected chi connectivity index (χ0v) is 21.6. The summed E-state index contributed by atoms with van der Waals surface area (Å²) in [4.78, 5) is 15.3. The second kappa shape index (κ2) is 11.9. The van der Waals surface area contributed by atoms with Crippen molar-refractivity contribution in [2.75, 3.05) is 26.8 Å². The lowest BCUT2D eigenvalue weighted by Crippen LogP contribution is -2.49. The van der Waals surface area contributed by atoms with E-state index in [1.807, 2.05) is 41.3 Å². The molecular formula is C29H39ClN2O3. The SMILES string of the molecule is COCCCCC(O)(c1ccccc1-c1ccc(Cl)cc1)C1CCCN(C(=O)C2CCC(N)C2)C1. The highest BCUT2D eigenvalue weighted by atomic mass is 35.5. The van der Waals surface area contributed by atoms with Crippen molar-refractivity contribution < 1.29 is 14.6 Å². The van der Waals surface area contributed by atoms with Gasteiger partial charge in [-0.2, -0.15) is 0 Å². The van der Waals surface area contributed by atoms with Crippen molar-refractivity contribution in [2.24, 2.45) is 17.6 Å². The summed E-state index contributed by atoms with van der Waals surface area (Å²) in [6.07, 6.45) is 6.73. The molecule has 1 aliphatic heterocycles. The van der Waals surface area contributed by atoms with Crippen LogP contribution in [0.3, 0.4) is 0 Å². The topological polar surface area (TPSA) is 75.8 Å². The molecule has 2 aromatic rings. The van der Waals surface area contributed by atoms with Crippen LogP contribution in [-0.2, 0) is 15.1 Å². The molecule has 0 aromatic heterocycles. The summed E-state index contributed by atoms with van der Waals surface area (Å²) >= 11 is 6.15. The Kier molecular flexibility index (Phi) is 8.87. The standard InChI is InChI=1S/C29H39ClN2O3/c1-35-18-5-4-16-29(34,27-9-3-2-8-26(27)21-10-13-24(30)14-11-21)23-7-6-17-32(20-23)28(33)22-12-15-25(31)19-22/h2-3,8-11,13-14,22-23,25,34H,4-7,12,15-20,31H2,1H3. The smallest absolute Gasteiger partial charge is 0.225 e. The number of nitrogens with two attached hydrogens (primary N) is 1. The molecule has 4 rings (SSSR count). The van der Waals surface area contributed by atoms with Crippen LogP contribution in [0.4, 0.5) is 0 Å². The summed E-state index contributed by atoms with van der Waals surface area (Å²) in [5.41, 5.74) is 8.03. The Morgan fingerprint density at radius 1 is 1.14 bits per heavy atom. The van der Waals surface area contributed by atoms with Crippen molar-refractivity contribution in [3.63, 3.8) is 0 Å². The molecule has 1 saturated heterocycles. The number of rotatable bonds is 9. The Balaban J connectivity index is 1.64. The van der Waals surface area contributed by atoms with E-state index in [-0.39, 0.29) is 23.8 Å². The maximum atomic E-state index is 13.3. The minimum Gasteiger partial charge on any atom is -0.385 e. The quantitative estimate of drug-likeness (QED) is 0.455. The maximum Gasteiger partial charge on any atom is 0.225 e. The number of halogens is 1. The molecule has 0 bridgehead atoms. The van der Waals surface area contributed by atoms with Gasteiger partial charge >= 0.3 is 0 Å². The van der Waals surface area contributed by atoms with Crippen LogP contribution in [0.1, 0.15) is 56.9 Å². The molecule has 3 N–H and O–H groups in total. The van der Waals surface area contributed by atoms with Gasteiger partial charge in [-0.25, -0.2) is 0 Å². The molecule has 190 valence electrons. The Hall–Kier alpha value is -1.92. The molecular weight excluding hydrogens is 460 g/mol. The Labute approximate surface area is 214 Å². The van der Waals surface area contributed by atoms with E-state index in [0.717, 1.165) is 68.2 Å². The van der Waals surface area contributed by atoms with Gasteiger partial charge in [-0.05, 0) is 80.2 Å². The van der Waals surface area contributed by atoms with Crippen molar-refractivity contribution in [1.82, 2.24) is 4.90 Å². The summed E-state index contributed by atoms with van der Waals surface area (Å²) in [7, 11) is 1.71. The van der Waals surface area contributed by atoms with Gasteiger partial charge in [0.25, 0.3) is 0 Å². The van der Waals surface area contributed by atoms with Crippen molar-refractivity contribution in [1.29, 1.82) is 0 Å². The number of aliphatic hydroxyl groups is 1. The van der Waals surface area contributed by atoms with Crippen LogP contribution in [-0.4, -0.2) is 48.8 Å². The van der Waals surface area contributed by atoms with Gasteiger partial charge < -0.3 is 20.5 Å². The fraction of sp³-hybridized carbons (Fsp3) is 0.552. The van der Waals surface area contributed by atoms with E-state index in [1.165, 1.54) is 0 Å². The lowest BCUT2D eigenvalue weighted by atomic mass is 9.72. The molecule has 2 aliphatic rings. The zero-order chi connectivity index (χ0) is 24.8. The molecule has 35 heavy (non-hydrogen) atoms. The van der Waals surface area contributed by atoms with E-state index >= 15 is 0 Å². The number of carbonyl (C=O) groups excluding carboxylic acids is 1. The Morgan fingerprint density at radius 2 is 1.91 bits per heavy atom. The second-order valence-electron chi connectivity index (χ2n) is 10.3. The summed E-state index contributed by atoms with van der Waals surface area (Å²) in [6.45, 7) is 2.02. The first-order chi connectivity index (χ1) is 16.9. The van der Waals surface area contributed by atoms with Crippen LogP contribution in [0.15, 0.2) is 48.5 Å². The number of amides is 1. The number of unbranched alkanes of at least 4 members (excludes halogenated alkanes) is 1. The molecule has 1 heterocycles. The Bertz CT molecular complexity index is 982. The van der Waals surface area contributed by atoms with Crippen LogP contribution in [0, 0.1) is 11.8 Å². The predicted octanol–water partition coefficient (Wildman–Crippen LogP) is 5.38. The van der Waals surface area contributed by atoms with E-state index in [4.69, 9.17) is 22.1 Å². The number of likely N-dealkylation sites (tertiary alicyclic amines) is 1. The summed E-state index contributed by atoms with van der Waals surface area (Å²) in [6, 6.07) is 16.1. The fourth-order valence-corrected chi connectivity index (χ4v) is 6.13. The van der Waals surface area contributed by atoms with Crippen molar-refractivity contribution in [3.05, 3.63) is 59.1 Å². The van der Waals surface area contributed by atoms with Crippen LogP contribution < -0.4 is 5.73 Å². The zero-order valence-electron chi connectivity index (χ0n) is 20.8. The van der Waals surface area contributed by atoms with Gasteiger partial charge in [0, 0.05) is 49.7 Å². The number of benzene rings is 2. The van der Waals surface area contributed by atoms with Crippen LogP contribution in [0.25, 0.3) is 11.1 Å². The van der Waals surface area contributed by atoms with Gasteiger partial charge in [-0.1, -0.05) is 48.0 Å². The molecule has 0 radical (unpaired) electrons. The molecule has 6 heteroatoms. The molecule has 4 atom stereocenters. The first kappa shape index (κ1) is 26.2. The third-order valence-corrected chi connectivity index (χ3v) is 8.19. The van der Waals surface area contributed by atoms with E-state index in [1.54, 1.807) is 7.11 Å². The maximum absolute atomic E-state index is 13.3. The monoisotopic (exact) mass is 498 g/mol. The van der Waals surface area contributed by atoms with Gasteiger partial charge in [0.15, 0.2) is 0 Å². The number of piperidine rings is 1. The first-order valence-corrected chi connectivity index (χ1v) is 13.4. The highest BCUT2D eigenvalue weighted by molar-refractivity contribution is 6.30. The third kappa shape index (κ3) is 6.08. The molecule has 1 aliphatic carbocycles. The van der Waals surface area contributed by atoms with Crippen LogP contribution >= 0.6 is 11.6 Å². The normalized spacial score (nSPS) is 24.3. The van der Waals surface area contributed by atoms with E-state index in [9.17, 15) is 9.90 Å². The second-order valence-corrected chi connectivity index (χ2v) is 10.8. The molecule has 1 amide bonds. The van der Waals surface area contributed by atoms with Gasteiger partial charge in [0.2, 0.25) is 5.91 Å². The number of hydrogen-bond donors (Lipinski definition) is 2. The number of carbonyl (C=O) groups is 1. The lowest BCUT2D eigenvalue weighted by Gasteiger charge is -2.44. The summed E-state index contributed by atoms with van der Waals surface area (Å²) in [5, 5.41) is 13.2. The third-order valence-electron chi connectivity index (χ3n) is 7.94. The van der Waals surface area contributed by atoms with Gasteiger partial charge in [0.1, 0.15) is 0 Å². The van der Waals surface area contributed by atoms with Crippen LogP contribution in [0.2, 0.25) is 5.02 Å². The molecule has 2 fully saturated rings. The molecule has 0 spiro atoms. The van der Waals surface area contributed by atoms with Gasteiger partial charge in [-0.3, -0.25) is 4.79 Å². The average Bonchev–Trinajstić information content (AvgIpc) is 3.33. The minimum absolute atomic E-state index is 0.0277. The minimum atomic E-state index is -1.05. The first-order valence-electron chi connectivity index (χ1n) is 13.0. The highest BCUT2D eigenvalue weighted by Gasteiger charge is 2.43. The Morgan fingerprint density at radius 3 is 2.63 bits per heavy atom. The fourth-order valence-electron chi connectivity index (χ4n) is 6.01. The van der Waals surface area contributed by atoms with E-state index in [0.29, 0.717) is 24.6 Å². The molecule has 5 nitrogen and oxygen atoms in total. The number of nitrogens with zero attached hydrogens (tertiary/aromatic N) is 1. The summed E-state index contributed by atoms with van der Waals surface area (Å²) in [5.74, 6) is 0.210. The van der Waals surface area contributed by atoms with E-state index < -0.39 is 5.60 Å². The van der Waals surface area contributed by atoms with Gasteiger partial charge in [-0.15, -0.1) is 0 Å². The molecule has 1 saturated carbocycles. The van der Waals surface area contributed by atoms with Crippen molar-refractivity contribution >= 4 is 17.5 Å². The van der Waals surface area contributed by atoms with Crippen molar-refractivity contribution in [2.45, 2.75) is 63.0 Å².